The van der Waals surface area contributed by atoms with Gasteiger partial charge in [-0.2, -0.15) is 5.10 Å². The van der Waals surface area contributed by atoms with E-state index in [1.165, 1.54) is 0 Å². The summed E-state index contributed by atoms with van der Waals surface area (Å²) in [5.41, 5.74) is 0.867. The molecule has 2 rings (SSSR count). The molecule has 0 radical (unpaired) electrons. The molecule has 6 nitrogen and oxygen atoms in total. The summed E-state index contributed by atoms with van der Waals surface area (Å²) in [5, 5.41) is 9.71. The number of piperidine rings is 1. The molecule has 0 saturated carbocycles. The van der Waals surface area contributed by atoms with Gasteiger partial charge < -0.3 is 10.2 Å². The quantitative estimate of drug-likeness (QED) is 0.831. The molecule has 1 unspecified atom stereocenters. The van der Waals surface area contributed by atoms with Crippen LogP contribution in [0.25, 0.3) is 0 Å². The van der Waals surface area contributed by atoms with Gasteiger partial charge in [-0.05, 0) is 13.3 Å². The van der Waals surface area contributed by atoms with Crippen molar-refractivity contribution in [2.75, 3.05) is 13.6 Å². The van der Waals surface area contributed by atoms with Crippen molar-refractivity contribution in [1.29, 1.82) is 0 Å². The van der Waals surface area contributed by atoms with E-state index < -0.39 is 0 Å². The molecule has 18 heavy (non-hydrogen) atoms. The van der Waals surface area contributed by atoms with Crippen LogP contribution in [0.15, 0.2) is 0 Å². The summed E-state index contributed by atoms with van der Waals surface area (Å²) in [5.74, 6) is -0.203. The van der Waals surface area contributed by atoms with E-state index in [4.69, 9.17) is 11.6 Å². The average molecular weight is 271 g/mol. The number of halogens is 1. The fourth-order valence-corrected chi connectivity index (χ4v) is 2.12. The topological polar surface area (TPSA) is 78.1 Å². The van der Waals surface area contributed by atoms with Crippen LogP contribution in [0.3, 0.4) is 0 Å². The molecular weight excluding hydrogens is 256 g/mol. The molecule has 0 spiro atoms. The largest absolute Gasteiger partial charge is 0.346 e. The second-order valence-corrected chi connectivity index (χ2v) is 4.87. The van der Waals surface area contributed by atoms with Gasteiger partial charge >= 0.3 is 0 Å². The first-order valence-electron chi connectivity index (χ1n) is 5.74. The van der Waals surface area contributed by atoms with Gasteiger partial charge in [-0.25, -0.2) is 0 Å². The Kier molecular flexibility index (Phi) is 3.56. The Hall–Kier alpha value is -1.56. The second kappa shape index (κ2) is 4.97. The first-order valence-corrected chi connectivity index (χ1v) is 6.12. The Morgan fingerprint density at radius 2 is 2.33 bits per heavy atom. The van der Waals surface area contributed by atoms with Crippen molar-refractivity contribution in [2.45, 2.75) is 25.8 Å². The van der Waals surface area contributed by atoms with E-state index >= 15 is 0 Å². The van der Waals surface area contributed by atoms with Gasteiger partial charge in [0, 0.05) is 26.1 Å². The van der Waals surface area contributed by atoms with Gasteiger partial charge in [0.1, 0.15) is 0 Å². The molecule has 2 N–H and O–H groups in total. The van der Waals surface area contributed by atoms with Crippen LogP contribution >= 0.6 is 11.6 Å². The van der Waals surface area contributed by atoms with Gasteiger partial charge in [-0.15, -0.1) is 0 Å². The third-order valence-electron chi connectivity index (χ3n) is 3.05. The molecule has 0 aliphatic carbocycles. The molecule has 2 heterocycles. The van der Waals surface area contributed by atoms with Crippen molar-refractivity contribution in [3.63, 3.8) is 0 Å². The highest BCUT2D eigenvalue weighted by atomic mass is 35.5. The number of H-pyrrole nitrogens is 1. The second-order valence-electron chi connectivity index (χ2n) is 4.49. The van der Waals surface area contributed by atoms with Crippen molar-refractivity contribution in [2.24, 2.45) is 0 Å². The molecule has 1 fully saturated rings. The summed E-state index contributed by atoms with van der Waals surface area (Å²) < 4.78 is 0. The number of hydrogen-bond donors (Lipinski definition) is 2. The fraction of sp³-hybridized carbons (Fsp3) is 0.545. The number of amides is 2. The molecule has 1 saturated heterocycles. The van der Waals surface area contributed by atoms with Gasteiger partial charge in [-0.3, -0.25) is 14.7 Å². The summed E-state index contributed by atoms with van der Waals surface area (Å²) in [4.78, 5) is 24.9. The Morgan fingerprint density at radius 3 is 2.89 bits per heavy atom. The van der Waals surface area contributed by atoms with Crippen LogP contribution in [0.5, 0.6) is 0 Å². The Morgan fingerprint density at radius 1 is 1.61 bits per heavy atom. The van der Waals surface area contributed by atoms with Crippen LogP contribution in [-0.4, -0.2) is 46.5 Å². The van der Waals surface area contributed by atoms with Crippen LogP contribution in [0, 0.1) is 6.92 Å². The molecule has 0 bridgehead atoms. The van der Waals surface area contributed by atoms with Crippen LogP contribution in [0.1, 0.15) is 29.0 Å². The van der Waals surface area contributed by atoms with Crippen molar-refractivity contribution >= 4 is 23.4 Å². The maximum Gasteiger partial charge on any atom is 0.273 e. The van der Waals surface area contributed by atoms with E-state index in [9.17, 15) is 9.59 Å². The molecule has 98 valence electrons. The minimum absolute atomic E-state index is 0.0479. The zero-order chi connectivity index (χ0) is 13.3. The Bertz CT molecular complexity index is 485. The fourth-order valence-electron chi connectivity index (χ4n) is 1.95. The van der Waals surface area contributed by atoms with Gasteiger partial charge in [0.2, 0.25) is 5.91 Å². The van der Waals surface area contributed by atoms with E-state index in [1.807, 2.05) is 0 Å². The summed E-state index contributed by atoms with van der Waals surface area (Å²) in [7, 11) is 1.73. The third kappa shape index (κ3) is 2.48. The number of nitrogens with one attached hydrogen (secondary N) is 2. The number of hydrogen-bond acceptors (Lipinski definition) is 3. The van der Waals surface area contributed by atoms with Crippen LogP contribution in [0.4, 0.5) is 0 Å². The maximum atomic E-state index is 12.0. The lowest BCUT2D eigenvalue weighted by Crippen LogP contribution is -2.48. The van der Waals surface area contributed by atoms with E-state index in [0.29, 0.717) is 30.1 Å². The van der Waals surface area contributed by atoms with E-state index in [-0.39, 0.29) is 23.6 Å². The minimum Gasteiger partial charge on any atom is -0.346 e. The molecule has 7 heteroatoms. The van der Waals surface area contributed by atoms with E-state index in [2.05, 4.69) is 15.5 Å². The highest BCUT2D eigenvalue weighted by molar-refractivity contribution is 6.34. The number of rotatable bonds is 2. The van der Waals surface area contributed by atoms with Crippen molar-refractivity contribution in [1.82, 2.24) is 20.4 Å². The summed E-state index contributed by atoms with van der Waals surface area (Å²) in [6.07, 6.45) is 1.10. The van der Waals surface area contributed by atoms with Crippen LogP contribution in [-0.2, 0) is 4.79 Å². The Balaban J connectivity index is 2.00. The summed E-state index contributed by atoms with van der Waals surface area (Å²) >= 11 is 5.95. The highest BCUT2D eigenvalue weighted by Crippen LogP contribution is 2.17. The van der Waals surface area contributed by atoms with E-state index in [0.717, 1.165) is 0 Å². The number of carbonyl (C=O) groups is 2. The van der Waals surface area contributed by atoms with Crippen molar-refractivity contribution < 1.29 is 9.59 Å². The molecule has 0 aromatic carbocycles. The number of likely N-dealkylation sites (tertiary alicyclic amines) is 1. The number of aryl methyl sites for hydroxylation is 1. The van der Waals surface area contributed by atoms with Gasteiger partial charge in [-0.1, -0.05) is 11.6 Å². The van der Waals surface area contributed by atoms with Gasteiger partial charge in [0.15, 0.2) is 5.69 Å². The van der Waals surface area contributed by atoms with Crippen LogP contribution < -0.4 is 5.32 Å². The Labute approximate surface area is 110 Å². The van der Waals surface area contributed by atoms with Gasteiger partial charge in [0.05, 0.1) is 10.7 Å². The molecule has 1 atom stereocenters. The van der Waals surface area contributed by atoms with Crippen molar-refractivity contribution in [3.8, 4) is 0 Å². The standard InChI is InChI=1S/C11H15ClN4O2/c1-6-9(12)10(15-14-6)11(18)13-7-3-4-8(17)16(2)5-7/h7H,3-5H2,1-2H3,(H,13,18)(H,14,15). The van der Waals surface area contributed by atoms with Gasteiger partial charge in [0.25, 0.3) is 5.91 Å². The first kappa shape index (κ1) is 12.9. The average Bonchev–Trinajstić information content (AvgIpc) is 2.65. The van der Waals surface area contributed by atoms with Crippen LogP contribution in [0.2, 0.25) is 5.02 Å². The number of aromatic amines is 1. The molecule has 1 aromatic heterocycles. The number of aromatic nitrogens is 2. The lowest BCUT2D eigenvalue weighted by atomic mass is 10.1. The predicted octanol–water partition coefficient (Wildman–Crippen LogP) is 0.722. The van der Waals surface area contributed by atoms with E-state index in [1.54, 1.807) is 18.9 Å². The lowest BCUT2D eigenvalue weighted by Gasteiger charge is -2.29. The predicted molar refractivity (Wildman–Crippen MR) is 66.5 cm³/mol. The maximum absolute atomic E-state index is 12.0. The number of nitrogens with zero attached hydrogens (tertiary/aromatic N) is 2. The molecular formula is C11H15ClN4O2. The smallest absolute Gasteiger partial charge is 0.273 e. The molecule has 1 aliphatic rings. The zero-order valence-electron chi connectivity index (χ0n) is 10.3. The number of carbonyl (C=O) groups excluding carboxylic acids is 2. The summed E-state index contributed by atoms with van der Waals surface area (Å²) in [6.45, 7) is 2.27. The third-order valence-corrected chi connectivity index (χ3v) is 3.51. The monoisotopic (exact) mass is 270 g/mol. The zero-order valence-corrected chi connectivity index (χ0v) is 11.0. The van der Waals surface area contributed by atoms with Crippen molar-refractivity contribution in [3.05, 3.63) is 16.4 Å². The molecule has 1 aliphatic heterocycles. The normalized spacial score (nSPS) is 20.1. The number of likely N-dealkylation sites (N-methyl/N-ethyl adjacent to an activating group) is 1. The molecule has 2 amide bonds. The lowest BCUT2D eigenvalue weighted by molar-refractivity contribution is -0.132. The molecule has 1 aromatic rings. The minimum atomic E-state index is -0.308. The first-order chi connectivity index (χ1) is 8.49. The summed E-state index contributed by atoms with van der Waals surface area (Å²) in [6, 6.07) is -0.0479. The highest BCUT2D eigenvalue weighted by Gasteiger charge is 2.26. The SMILES string of the molecule is Cc1[nH]nc(C(=O)NC2CCC(=O)N(C)C2)c1Cl.